The van der Waals surface area contributed by atoms with Crippen molar-refractivity contribution in [3.63, 3.8) is 0 Å². The lowest BCUT2D eigenvalue weighted by molar-refractivity contribution is -0.142. The van der Waals surface area contributed by atoms with Gasteiger partial charge in [-0.25, -0.2) is 0 Å². The highest BCUT2D eigenvalue weighted by molar-refractivity contribution is 6.02. The van der Waals surface area contributed by atoms with E-state index in [-0.39, 0.29) is 42.4 Å². The number of hydrogen-bond acceptors (Lipinski definition) is 5. The van der Waals surface area contributed by atoms with Crippen LogP contribution in [0.1, 0.15) is 50.2 Å². The number of amidine groups is 1. The first-order valence-corrected chi connectivity index (χ1v) is 12.1. The Morgan fingerprint density at radius 1 is 1.00 bits per heavy atom. The molecule has 192 valence electrons. The van der Waals surface area contributed by atoms with E-state index >= 15 is 0 Å². The van der Waals surface area contributed by atoms with Crippen molar-refractivity contribution in [2.24, 2.45) is 17.6 Å². The van der Waals surface area contributed by atoms with Gasteiger partial charge in [-0.2, -0.15) is 0 Å². The molecule has 10 heteroatoms. The van der Waals surface area contributed by atoms with Crippen molar-refractivity contribution in [2.75, 3.05) is 27.2 Å². The summed E-state index contributed by atoms with van der Waals surface area (Å²) in [4.78, 5) is 51.8. The highest BCUT2D eigenvalue weighted by atomic mass is 16.2. The Balaban J connectivity index is 2.18. The summed E-state index contributed by atoms with van der Waals surface area (Å²) in [5, 5.41) is 15.8. The van der Waals surface area contributed by atoms with Crippen molar-refractivity contribution in [3.8, 4) is 0 Å². The molecule has 1 aromatic carbocycles. The van der Waals surface area contributed by atoms with Gasteiger partial charge in [-0.1, -0.05) is 43.5 Å². The van der Waals surface area contributed by atoms with Gasteiger partial charge < -0.3 is 26.6 Å². The zero-order valence-electron chi connectivity index (χ0n) is 20.9. The Labute approximate surface area is 206 Å². The van der Waals surface area contributed by atoms with E-state index in [1.54, 1.807) is 38.4 Å². The minimum Gasteiger partial charge on any atom is -0.384 e. The van der Waals surface area contributed by atoms with Crippen LogP contribution in [0.4, 0.5) is 0 Å². The zero-order chi connectivity index (χ0) is 26.0. The summed E-state index contributed by atoms with van der Waals surface area (Å²) < 4.78 is 0. The molecule has 0 heterocycles. The Morgan fingerprint density at radius 2 is 1.60 bits per heavy atom. The number of carbonyl (C=O) groups is 4. The summed E-state index contributed by atoms with van der Waals surface area (Å²) in [7, 11) is 3.18. The maximum Gasteiger partial charge on any atom is 0.242 e. The second kappa shape index (κ2) is 13.5. The monoisotopic (exact) mass is 486 g/mol. The van der Waals surface area contributed by atoms with Crippen molar-refractivity contribution in [1.29, 1.82) is 5.41 Å². The Kier molecular flexibility index (Phi) is 10.7. The third-order valence-electron chi connectivity index (χ3n) is 6.26. The van der Waals surface area contributed by atoms with Crippen LogP contribution >= 0.6 is 0 Å². The molecule has 1 aromatic rings. The smallest absolute Gasteiger partial charge is 0.242 e. The molecule has 2 rings (SSSR count). The summed E-state index contributed by atoms with van der Waals surface area (Å²) in [6.07, 6.45) is 4.87. The predicted octanol–water partition coefficient (Wildman–Crippen LogP) is 0.535. The van der Waals surface area contributed by atoms with E-state index in [9.17, 15) is 19.2 Å². The lowest BCUT2D eigenvalue weighted by Crippen LogP contribution is -2.55. The molecular weight excluding hydrogens is 448 g/mol. The van der Waals surface area contributed by atoms with E-state index < -0.39 is 17.9 Å². The largest absolute Gasteiger partial charge is 0.384 e. The number of hydrogen-bond donors (Lipinski definition) is 5. The molecule has 0 aromatic heterocycles. The van der Waals surface area contributed by atoms with Crippen LogP contribution in [0.3, 0.4) is 0 Å². The van der Waals surface area contributed by atoms with Crippen molar-refractivity contribution >= 4 is 29.5 Å². The maximum atomic E-state index is 13.4. The summed E-state index contributed by atoms with van der Waals surface area (Å²) in [6.45, 7) is 1.95. The van der Waals surface area contributed by atoms with Gasteiger partial charge in [0.15, 0.2) is 0 Å². The molecule has 2 atom stereocenters. The van der Waals surface area contributed by atoms with Gasteiger partial charge >= 0.3 is 0 Å². The molecule has 1 aliphatic rings. The van der Waals surface area contributed by atoms with Crippen LogP contribution in [0.5, 0.6) is 0 Å². The average molecular weight is 487 g/mol. The minimum atomic E-state index is -1.01. The molecule has 0 bridgehead atoms. The molecule has 6 N–H and O–H groups in total. The quantitative estimate of drug-likeness (QED) is 0.133. The number of nitrogen functional groups attached to an aromatic ring is 1. The van der Waals surface area contributed by atoms with Crippen LogP contribution < -0.4 is 21.7 Å². The van der Waals surface area contributed by atoms with Crippen LogP contribution in [-0.4, -0.2) is 67.6 Å². The van der Waals surface area contributed by atoms with Crippen LogP contribution in [0.15, 0.2) is 24.3 Å². The first kappa shape index (κ1) is 27.8. The van der Waals surface area contributed by atoms with E-state index in [2.05, 4.69) is 16.0 Å². The summed E-state index contributed by atoms with van der Waals surface area (Å²) in [5.74, 6) is -2.42. The number of benzene rings is 1. The normalized spacial score (nSPS) is 15.4. The first-order chi connectivity index (χ1) is 16.6. The Morgan fingerprint density at radius 3 is 2.14 bits per heavy atom. The van der Waals surface area contributed by atoms with E-state index in [1.807, 2.05) is 0 Å². The minimum absolute atomic E-state index is 0.0153. The number of nitrogens with zero attached hydrogens (tertiary/aromatic N) is 1. The van der Waals surface area contributed by atoms with Crippen LogP contribution in [0, 0.1) is 17.2 Å². The molecule has 1 saturated carbocycles. The number of rotatable bonds is 11. The SMILES string of the molecule is CC(=O)NCCNC(=O)C(NC(=O)C(Cc1ccc(C(=N)N)cc1)C(=O)N(C)C)C1CCCCC1. The van der Waals surface area contributed by atoms with Crippen molar-refractivity contribution in [2.45, 2.75) is 51.5 Å². The standard InChI is InChI=1S/C25H38N6O4/c1-16(32)28-13-14-29-24(34)21(18-7-5-4-6-8-18)30-23(33)20(25(35)31(2)3)15-17-9-11-19(12-10-17)22(26)27/h9-12,18,20-21H,4-8,13-15H2,1-3H3,(H3,26,27)(H,28,32)(H,29,34)(H,30,33). The zero-order valence-corrected chi connectivity index (χ0v) is 20.9. The van der Waals surface area contributed by atoms with Crippen molar-refractivity contribution in [3.05, 3.63) is 35.4 Å². The molecule has 0 spiro atoms. The van der Waals surface area contributed by atoms with Gasteiger partial charge in [0.25, 0.3) is 0 Å². The van der Waals surface area contributed by atoms with Gasteiger partial charge in [0.2, 0.25) is 23.6 Å². The predicted molar refractivity (Wildman–Crippen MR) is 134 cm³/mol. The molecule has 2 unspecified atom stereocenters. The van der Waals surface area contributed by atoms with Crippen LogP contribution in [0.2, 0.25) is 0 Å². The Hall–Kier alpha value is -3.43. The second-order valence-corrected chi connectivity index (χ2v) is 9.26. The molecule has 35 heavy (non-hydrogen) atoms. The summed E-state index contributed by atoms with van der Waals surface area (Å²) in [6, 6.07) is 6.10. The molecule has 0 aliphatic heterocycles. The molecule has 4 amide bonds. The highest BCUT2D eigenvalue weighted by Crippen LogP contribution is 2.27. The third kappa shape index (κ3) is 8.70. The van der Waals surface area contributed by atoms with Crippen molar-refractivity contribution in [1.82, 2.24) is 20.9 Å². The number of nitrogens with one attached hydrogen (secondary N) is 4. The van der Waals surface area contributed by atoms with Gasteiger partial charge in [0, 0.05) is 39.7 Å². The number of carbonyl (C=O) groups excluding carboxylic acids is 4. The molecule has 1 aliphatic carbocycles. The highest BCUT2D eigenvalue weighted by Gasteiger charge is 2.35. The summed E-state index contributed by atoms with van der Waals surface area (Å²) >= 11 is 0. The molecule has 1 fully saturated rings. The van der Waals surface area contributed by atoms with Gasteiger partial charge in [0.1, 0.15) is 17.8 Å². The topological polar surface area (TPSA) is 157 Å². The molecule has 10 nitrogen and oxygen atoms in total. The van der Waals surface area contributed by atoms with Gasteiger partial charge in [-0.05, 0) is 30.7 Å². The molecular formula is C25H38N6O4. The lowest BCUT2D eigenvalue weighted by atomic mass is 9.83. The van der Waals surface area contributed by atoms with E-state index in [4.69, 9.17) is 11.1 Å². The second-order valence-electron chi connectivity index (χ2n) is 9.26. The fraction of sp³-hybridized carbons (Fsp3) is 0.560. The van der Waals surface area contributed by atoms with Gasteiger partial charge in [-0.15, -0.1) is 0 Å². The van der Waals surface area contributed by atoms with Crippen LogP contribution in [0.25, 0.3) is 0 Å². The third-order valence-corrected chi connectivity index (χ3v) is 6.26. The lowest BCUT2D eigenvalue weighted by Gasteiger charge is -2.31. The fourth-order valence-electron chi connectivity index (χ4n) is 4.31. The number of amides is 4. The van der Waals surface area contributed by atoms with Crippen molar-refractivity contribution < 1.29 is 19.2 Å². The summed E-state index contributed by atoms with van der Waals surface area (Å²) in [5.41, 5.74) is 6.82. The number of nitrogens with two attached hydrogens (primary N) is 1. The molecule has 0 radical (unpaired) electrons. The average Bonchev–Trinajstić information content (AvgIpc) is 2.83. The van der Waals surface area contributed by atoms with E-state index in [1.165, 1.54) is 11.8 Å². The first-order valence-electron chi connectivity index (χ1n) is 12.1. The fourth-order valence-corrected chi connectivity index (χ4v) is 4.31. The van der Waals surface area contributed by atoms with Crippen LogP contribution in [-0.2, 0) is 25.6 Å². The van der Waals surface area contributed by atoms with Gasteiger partial charge in [-0.3, -0.25) is 24.6 Å². The van der Waals surface area contributed by atoms with Gasteiger partial charge in [0.05, 0.1) is 0 Å². The van der Waals surface area contributed by atoms with E-state index in [0.717, 1.165) is 37.7 Å². The molecule has 0 saturated heterocycles. The van der Waals surface area contributed by atoms with E-state index in [0.29, 0.717) is 12.1 Å². The Bertz CT molecular complexity index is 909. The maximum absolute atomic E-state index is 13.4.